The molecule has 0 fully saturated rings. The van der Waals surface area contributed by atoms with E-state index in [2.05, 4.69) is 5.32 Å². The predicted molar refractivity (Wildman–Crippen MR) is 114 cm³/mol. The Balaban J connectivity index is 1.96. The third kappa shape index (κ3) is 4.28. The highest BCUT2D eigenvalue weighted by Gasteiger charge is 2.26. The number of carbonyl (C=O) groups is 1. The van der Waals surface area contributed by atoms with Gasteiger partial charge < -0.3 is 10.1 Å². The molecule has 30 heavy (non-hydrogen) atoms. The molecule has 1 N–H and O–H groups in total. The zero-order valence-electron chi connectivity index (χ0n) is 16.7. The first-order chi connectivity index (χ1) is 14.2. The van der Waals surface area contributed by atoms with Crippen molar-refractivity contribution in [3.05, 3.63) is 83.7 Å². The summed E-state index contributed by atoms with van der Waals surface area (Å²) in [6, 6.07) is 16.7. The summed E-state index contributed by atoms with van der Waals surface area (Å²) in [4.78, 5) is 12.9. The second kappa shape index (κ2) is 8.54. The maximum absolute atomic E-state index is 13.4. The first kappa shape index (κ1) is 21.3. The Kier molecular flexibility index (Phi) is 6.07. The highest BCUT2D eigenvalue weighted by atomic mass is 32.2. The second-order valence-electron chi connectivity index (χ2n) is 6.59. The molecule has 0 aromatic heterocycles. The maximum Gasteiger partial charge on any atom is 0.264 e. The molecule has 0 saturated carbocycles. The van der Waals surface area contributed by atoms with Gasteiger partial charge in [0.05, 0.1) is 23.3 Å². The molecule has 0 atom stereocenters. The van der Waals surface area contributed by atoms with E-state index >= 15 is 0 Å². The van der Waals surface area contributed by atoms with Crippen LogP contribution < -0.4 is 14.4 Å². The van der Waals surface area contributed by atoms with Crippen LogP contribution in [0.1, 0.15) is 15.9 Å². The lowest BCUT2D eigenvalue weighted by molar-refractivity contribution is 0.102. The van der Waals surface area contributed by atoms with Crippen LogP contribution >= 0.6 is 0 Å². The molecule has 0 aliphatic heterocycles. The quantitative estimate of drug-likeness (QED) is 0.638. The van der Waals surface area contributed by atoms with Gasteiger partial charge in [0.1, 0.15) is 11.6 Å². The van der Waals surface area contributed by atoms with Crippen molar-refractivity contribution in [1.82, 2.24) is 0 Å². The highest BCUT2D eigenvalue weighted by molar-refractivity contribution is 7.92. The van der Waals surface area contributed by atoms with E-state index in [1.807, 2.05) is 0 Å². The number of hydrogen-bond acceptors (Lipinski definition) is 4. The summed E-state index contributed by atoms with van der Waals surface area (Å²) in [6.07, 6.45) is 0. The number of nitrogens with zero attached hydrogens (tertiary/aromatic N) is 1. The van der Waals surface area contributed by atoms with Crippen LogP contribution in [0.2, 0.25) is 0 Å². The Bertz CT molecular complexity index is 1200. The van der Waals surface area contributed by atoms with Crippen molar-refractivity contribution in [3.63, 3.8) is 0 Å². The fraction of sp³-hybridized carbons (Fsp3) is 0.136. The third-order valence-electron chi connectivity index (χ3n) is 4.59. The normalized spacial score (nSPS) is 11.1. The SMILES string of the molecule is COc1cccc(NC(=O)c2ccccc2N(C)S(=O)(=O)c2ccc(F)cc2C)c1. The largest absolute Gasteiger partial charge is 0.497 e. The van der Waals surface area contributed by atoms with Crippen molar-refractivity contribution in [1.29, 1.82) is 0 Å². The smallest absolute Gasteiger partial charge is 0.264 e. The molecular formula is C22H21FN2O4S. The molecule has 0 heterocycles. The number of benzene rings is 3. The van der Waals surface area contributed by atoms with Crippen molar-refractivity contribution in [2.75, 3.05) is 23.8 Å². The number of amides is 1. The lowest BCUT2D eigenvalue weighted by Crippen LogP contribution is -2.29. The summed E-state index contributed by atoms with van der Waals surface area (Å²) in [7, 11) is -1.13. The van der Waals surface area contributed by atoms with Crippen LogP contribution in [0.15, 0.2) is 71.6 Å². The molecule has 0 bridgehead atoms. The highest BCUT2D eigenvalue weighted by Crippen LogP contribution is 2.28. The average molecular weight is 428 g/mol. The van der Waals surface area contributed by atoms with Gasteiger partial charge in [0.25, 0.3) is 15.9 Å². The van der Waals surface area contributed by atoms with E-state index < -0.39 is 21.7 Å². The van der Waals surface area contributed by atoms with E-state index in [0.29, 0.717) is 11.4 Å². The van der Waals surface area contributed by atoms with Gasteiger partial charge in [-0.3, -0.25) is 9.10 Å². The van der Waals surface area contributed by atoms with Crippen LogP contribution in [0, 0.1) is 12.7 Å². The van der Waals surface area contributed by atoms with Crippen LogP contribution in [0.4, 0.5) is 15.8 Å². The maximum atomic E-state index is 13.4. The Labute approximate surface area is 175 Å². The van der Waals surface area contributed by atoms with Gasteiger partial charge in [-0.1, -0.05) is 18.2 Å². The summed E-state index contributed by atoms with van der Waals surface area (Å²) in [6.45, 7) is 1.52. The topological polar surface area (TPSA) is 75.7 Å². The molecule has 3 aromatic rings. The van der Waals surface area contributed by atoms with Crippen LogP contribution in [0.3, 0.4) is 0 Å². The Morgan fingerprint density at radius 1 is 1.03 bits per heavy atom. The molecule has 0 aliphatic carbocycles. The molecule has 8 heteroatoms. The van der Waals surface area contributed by atoms with Crippen molar-refractivity contribution < 1.29 is 22.3 Å². The minimum Gasteiger partial charge on any atom is -0.497 e. The number of rotatable bonds is 6. The summed E-state index contributed by atoms with van der Waals surface area (Å²) in [5, 5.41) is 2.75. The third-order valence-corrected chi connectivity index (χ3v) is 6.52. The number of para-hydroxylation sites is 1. The summed E-state index contributed by atoms with van der Waals surface area (Å²) < 4.78 is 45.9. The van der Waals surface area contributed by atoms with Crippen molar-refractivity contribution in [2.45, 2.75) is 11.8 Å². The van der Waals surface area contributed by atoms with Crippen LogP contribution in [0.25, 0.3) is 0 Å². The van der Waals surface area contributed by atoms with E-state index in [4.69, 9.17) is 4.74 Å². The zero-order valence-corrected chi connectivity index (χ0v) is 17.5. The second-order valence-corrected chi connectivity index (χ2v) is 8.52. The van der Waals surface area contributed by atoms with E-state index in [9.17, 15) is 17.6 Å². The number of halogens is 1. The summed E-state index contributed by atoms with van der Waals surface area (Å²) in [5.41, 5.74) is 1.15. The number of methoxy groups -OCH3 is 1. The standard InChI is InChI=1S/C22H21FN2O4S/c1-15-13-16(23)11-12-21(15)30(27,28)25(2)20-10-5-4-9-19(20)22(26)24-17-7-6-8-18(14-17)29-3/h4-14H,1-3H3,(H,24,26). The van der Waals surface area contributed by atoms with Gasteiger partial charge in [0.15, 0.2) is 0 Å². The van der Waals surface area contributed by atoms with Crippen LogP contribution in [-0.4, -0.2) is 28.5 Å². The van der Waals surface area contributed by atoms with Gasteiger partial charge in [0, 0.05) is 18.8 Å². The number of ether oxygens (including phenoxy) is 1. The van der Waals surface area contributed by atoms with Gasteiger partial charge in [-0.25, -0.2) is 12.8 Å². The van der Waals surface area contributed by atoms with Crippen LogP contribution in [-0.2, 0) is 10.0 Å². The van der Waals surface area contributed by atoms with Gasteiger partial charge >= 0.3 is 0 Å². The van der Waals surface area contributed by atoms with Gasteiger partial charge in [0.2, 0.25) is 0 Å². The molecule has 0 unspecified atom stereocenters. The fourth-order valence-electron chi connectivity index (χ4n) is 3.02. The van der Waals surface area contributed by atoms with Crippen molar-refractivity contribution in [3.8, 4) is 5.75 Å². The van der Waals surface area contributed by atoms with Gasteiger partial charge in [-0.15, -0.1) is 0 Å². The molecule has 3 aromatic carbocycles. The molecule has 1 amide bonds. The minimum absolute atomic E-state index is 0.0330. The molecular weight excluding hydrogens is 407 g/mol. The summed E-state index contributed by atoms with van der Waals surface area (Å²) >= 11 is 0. The van der Waals surface area contributed by atoms with E-state index in [1.165, 1.54) is 39.3 Å². The molecule has 0 saturated heterocycles. The Morgan fingerprint density at radius 2 is 1.77 bits per heavy atom. The number of nitrogens with one attached hydrogen (secondary N) is 1. The number of aryl methyl sites for hydroxylation is 1. The number of hydrogen-bond donors (Lipinski definition) is 1. The van der Waals surface area contributed by atoms with E-state index in [-0.39, 0.29) is 21.7 Å². The minimum atomic E-state index is -4.01. The van der Waals surface area contributed by atoms with Crippen LogP contribution in [0.5, 0.6) is 5.75 Å². The molecule has 156 valence electrons. The van der Waals surface area contributed by atoms with Gasteiger partial charge in [-0.05, 0) is 55.0 Å². The van der Waals surface area contributed by atoms with Crippen molar-refractivity contribution in [2.24, 2.45) is 0 Å². The zero-order chi connectivity index (χ0) is 21.9. The van der Waals surface area contributed by atoms with Crippen molar-refractivity contribution >= 4 is 27.3 Å². The molecule has 6 nitrogen and oxygen atoms in total. The Morgan fingerprint density at radius 3 is 2.47 bits per heavy atom. The number of sulfonamides is 1. The summed E-state index contributed by atoms with van der Waals surface area (Å²) in [5.74, 6) is -0.420. The molecule has 0 radical (unpaired) electrons. The lowest BCUT2D eigenvalue weighted by atomic mass is 10.1. The monoisotopic (exact) mass is 428 g/mol. The lowest BCUT2D eigenvalue weighted by Gasteiger charge is -2.23. The number of anilines is 2. The first-order valence-electron chi connectivity index (χ1n) is 9.03. The molecule has 3 rings (SSSR count). The Hall–Kier alpha value is -3.39. The van der Waals surface area contributed by atoms with E-state index in [0.717, 1.165) is 16.4 Å². The molecule has 0 aliphatic rings. The first-order valence-corrected chi connectivity index (χ1v) is 10.5. The average Bonchev–Trinajstić information content (AvgIpc) is 2.73. The van der Waals surface area contributed by atoms with E-state index in [1.54, 1.807) is 36.4 Å². The number of carbonyl (C=O) groups excluding carboxylic acids is 1. The predicted octanol–water partition coefficient (Wildman–Crippen LogP) is 4.22. The molecule has 0 spiro atoms. The van der Waals surface area contributed by atoms with Gasteiger partial charge in [-0.2, -0.15) is 0 Å². The fourth-order valence-corrected chi connectivity index (χ4v) is 4.44.